The van der Waals surface area contributed by atoms with Gasteiger partial charge in [-0.1, -0.05) is 36.4 Å². The number of piperazine rings is 1. The molecule has 2 heterocycles. The minimum absolute atomic E-state index is 0.0142. The number of methoxy groups -OCH3 is 1. The predicted molar refractivity (Wildman–Crippen MR) is 194 cm³/mol. The molecule has 2 aliphatic heterocycles. The van der Waals surface area contributed by atoms with Crippen LogP contribution in [0.3, 0.4) is 0 Å². The van der Waals surface area contributed by atoms with E-state index in [4.69, 9.17) is 9.47 Å². The lowest BCUT2D eigenvalue weighted by Gasteiger charge is -2.44. The first-order chi connectivity index (χ1) is 25.4. The van der Waals surface area contributed by atoms with Crippen molar-refractivity contribution < 1.29 is 41.4 Å². The molecule has 1 unspecified atom stereocenters. The van der Waals surface area contributed by atoms with E-state index in [1.165, 1.54) is 25.3 Å². The van der Waals surface area contributed by atoms with E-state index in [1.807, 2.05) is 24.3 Å². The number of carbonyl (C=O) groups is 3. The third-order valence-electron chi connectivity index (χ3n) is 10.0. The lowest BCUT2D eigenvalue weighted by molar-refractivity contribution is -0.141. The van der Waals surface area contributed by atoms with Gasteiger partial charge in [-0.25, -0.2) is 4.39 Å². The van der Waals surface area contributed by atoms with Gasteiger partial charge in [0.1, 0.15) is 11.6 Å². The number of ether oxygens (including phenoxy) is 2. The van der Waals surface area contributed by atoms with Gasteiger partial charge in [-0.3, -0.25) is 14.4 Å². The van der Waals surface area contributed by atoms with E-state index in [0.717, 1.165) is 41.7 Å². The number of nitrogens with one attached hydrogen (secondary N) is 2. The molecule has 0 aromatic heterocycles. The molecule has 2 fully saturated rings. The first-order valence-electron chi connectivity index (χ1n) is 17.9. The molecular weight excluding hydrogens is 758 g/mol. The van der Waals surface area contributed by atoms with E-state index in [1.54, 1.807) is 17.0 Å². The van der Waals surface area contributed by atoms with E-state index in [0.29, 0.717) is 60.2 Å². The van der Waals surface area contributed by atoms with Crippen molar-refractivity contribution in [2.45, 2.75) is 75.7 Å². The first-order valence-corrected chi connectivity index (χ1v) is 18.7. The van der Waals surface area contributed by atoms with Gasteiger partial charge in [0.25, 0.3) is 0 Å². The number of rotatable bonds is 14. The summed E-state index contributed by atoms with van der Waals surface area (Å²) in [5.74, 6) is -0.810. The lowest BCUT2D eigenvalue weighted by atomic mass is 9.82. The summed E-state index contributed by atoms with van der Waals surface area (Å²) in [4.78, 5) is 41.0. The first kappa shape index (κ1) is 38.5. The maximum Gasteiger partial charge on any atom is 0.416 e. The molecule has 2 bridgehead atoms. The second-order valence-electron chi connectivity index (χ2n) is 13.9. The summed E-state index contributed by atoms with van der Waals surface area (Å²) in [6, 6.07) is 16.1. The van der Waals surface area contributed by atoms with Gasteiger partial charge in [0.15, 0.2) is 0 Å². The number of aryl methyl sites for hydroxylation is 1. The zero-order chi connectivity index (χ0) is 37.7. The maximum atomic E-state index is 14.4. The Hall–Kier alpha value is -4.23. The minimum atomic E-state index is -4.52. The monoisotopic (exact) mass is 799 g/mol. The fraction of sp³-hybridized carbons (Fsp3) is 0.425. The number of hydrogen-bond donors (Lipinski definition) is 2. The van der Waals surface area contributed by atoms with E-state index in [9.17, 15) is 31.9 Å². The normalized spacial score (nSPS) is 19.1. The molecule has 13 heteroatoms. The van der Waals surface area contributed by atoms with Crippen LogP contribution >= 0.6 is 15.9 Å². The Morgan fingerprint density at radius 2 is 1.77 bits per heavy atom. The van der Waals surface area contributed by atoms with Gasteiger partial charge < -0.3 is 25.0 Å². The average Bonchev–Trinajstić information content (AvgIpc) is 3.99. The zero-order valence-corrected chi connectivity index (χ0v) is 30.9. The number of esters is 1. The highest BCUT2D eigenvalue weighted by Crippen LogP contribution is 2.43. The summed E-state index contributed by atoms with van der Waals surface area (Å²) >= 11 is 3.37. The van der Waals surface area contributed by atoms with Crippen LogP contribution in [-0.4, -0.2) is 61.6 Å². The van der Waals surface area contributed by atoms with Crippen molar-refractivity contribution in [1.29, 1.82) is 0 Å². The molecule has 1 aliphatic carbocycles. The van der Waals surface area contributed by atoms with Crippen LogP contribution in [0.4, 0.5) is 17.6 Å². The summed E-state index contributed by atoms with van der Waals surface area (Å²) in [6.07, 6.45) is -0.443. The van der Waals surface area contributed by atoms with Gasteiger partial charge in [0.05, 0.1) is 35.8 Å². The molecule has 1 saturated carbocycles. The van der Waals surface area contributed by atoms with Crippen LogP contribution < -0.4 is 15.4 Å². The number of amides is 2. The molecule has 2 amide bonds. The topological polar surface area (TPSA) is 97.0 Å². The quantitative estimate of drug-likeness (QED) is 0.0994. The molecule has 3 atom stereocenters. The number of fused-ring (bicyclic) bond motifs is 2. The van der Waals surface area contributed by atoms with Crippen LogP contribution in [0.15, 0.2) is 76.8 Å². The third-order valence-corrected chi connectivity index (χ3v) is 10.7. The number of halogens is 5. The number of benzene rings is 3. The van der Waals surface area contributed by atoms with Crippen molar-refractivity contribution in [2.75, 3.05) is 26.8 Å². The molecule has 3 aromatic rings. The molecule has 6 rings (SSSR count). The number of alkyl halides is 3. The van der Waals surface area contributed by atoms with Crippen molar-refractivity contribution in [3.63, 3.8) is 0 Å². The van der Waals surface area contributed by atoms with Crippen LogP contribution in [0.1, 0.15) is 73.2 Å². The average molecular weight is 801 g/mol. The molecule has 282 valence electrons. The number of carbonyl (C=O) groups excluding carboxylic acids is 3. The van der Waals surface area contributed by atoms with Crippen LogP contribution in [0.25, 0.3) is 5.57 Å². The highest BCUT2D eigenvalue weighted by Gasteiger charge is 2.42. The largest absolute Gasteiger partial charge is 0.492 e. The van der Waals surface area contributed by atoms with Gasteiger partial charge in [0, 0.05) is 43.6 Å². The van der Waals surface area contributed by atoms with Crippen LogP contribution in [0, 0.1) is 11.7 Å². The standard InChI is InChI=1S/C40H42BrF4N3O5/c1-52-36(50)9-3-8-35(49)48-22-30-21-31(25-12-10-24(11-13-25)5-4-18-53-34-20-29(42)16-17-32(34)41)37(33(23-48)46-30)39(51)47-38(26-14-15-26)27-6-2-7-28(19-27)40(43,44)45/h2,6-7,10-13,16-17,19-20,26,30,33,38,46H,3-5,8-9,14-15,18,21-23H2,1H3,(H,47,51)/t30-,33-,38?/m1/s1. The van der Waals surface area contributed by atoms with Gasteiger partial charge in [0.2, 0.25) is 11.8 Å². The zero-order valence-electron chi connectivity index (χ0n) is 29.3. The highest BCUT2D eigenvalue weighted by molar-refractivity contribution is 9.10. The fourth-order valence-corrected chi connectivity index (χ4v) is 7.54. The van der Waals surface area contributed by atoms with Crippen molar-refractivity contribution in [2.24, 2.45) is 5.92 Å². The van der Waals surface area contributed by atoms with E-state index < -0.39 is 23.8 Å². The Balaban J connectivity index is 1.22. The van der Waals surface area contributed by atoms with Crippen molar-refractivity contribution in [3.05, 3.63) is 105 Å². The molecule has 1 saturated heterocycles. The second-order valence-corrected chi connectivity index (χ2v) is 14.7. The second kappa shape index (κ2) is 16.8. The SMILES string of the molecule is COC(=O)CCCC(=O)N1C[C@H]2CC(c3ccc(CCCOc4cc(F)ccc4Br)cc3)=C(C(=O)NC(c3cccc(C(F)(F)F)c3)C3CC3)[C@@H](C1)N2. The van der Waals surface area contributed by atoms with E-state index in [2.05, 4.69) is 26.6 Å². The van der Waals surface area contributed by atoms with Gasteiger partial charge >= 0.3 is 12.1 Å². The predicted octanol–water partition coefficient (Wildman–Crippen LogP) is 7.56. The third kappa shape index (κ3) is 9.85. The molecular formula is C40H42BrF4N3O5. The lowest BCUT2D eigenvalue weighted by Crippen LogP contribution is -2.62. The summed E-state index contributed by atoms with van der Waals surface area (Å²) in [5.41, 5.74) is 2.85. The van der Waals surface area contributed by atoms with Gasteiger partial charge in [-0.05, 0) is 107 Å². The molecule has 2 N–H and O–H groups in total. The summed E-state index contributed by atoms with van der Waals surface area (Å²) in [5, 5.41) is 6.64. The van der Waals surface area contributed by atoms with Crippen LogP contribution in [0.5, 0.6) is 5.75 Å². The van der Waals surface area contributed by atoms with E-state index in [-0.39, 0.29) is 54.9 Å². The van der Waals surface area contributed by atoms with Crippen LogP contribution in [0.2, 0.25) is 0 Å². The smallest absolute Gasteiger partial charge is 0.416 e. The highest BCUT2D eigenvalue weighted by atomic mass is 79.9. The van der Waals surface area contributed by atoms with Crippen LogP contribution in [-0.2, 0) is 31.7 Å². The fourth-order valence-electron chi connectivity index (χ4n) is 7.18. The molecule has 0 radical (unpaired) electrons. The Kier molecular flexibility index (Phi) is 12.2. The maximum absolute atomic E-state index is 14.4. The summed E-state index contributed by atoms with van der Waals surface area (Å²) in [7, 11) is 1.30. The van der Waals surface area contributed by atoms with E-state index >= 15 is 0 Å². The Labute approximate surface area is 314 Å². The summed E-state index contributed by atoms with van der Waals surface area (Å²) < 4.78 is 65.7. The van der Waals surface area contributed by atoms with Crippen molar-refractivity contribution in [3.8, 4) is 5.75 Å². The number of nitrogens with zero attached hydrogens (tertiary/aromatic N) is 1. The Morgan fingerprint density at radius 1 is 1.00 bits per heavy atom. The summed E-state index contributed by atoms with van der Waals surface area (Å²) in [6.45, 7) is 1.05. The Bertz CT molecular complexity index is 1850. The number of hydrogen-bond acceptors (Lipinski definition) is 6. The molecule has 8 nitrogen and oxygen atoms in total. The molecule has 3 aromatic carbocycles. The van der Waals surface area contributed by atoms with Gasteiger partial charge in [-0.2, -0.15) is 13.2 Å². The van der Waals surface area contributed by atoms with Gasteiger partial charge in [-0.15, -0.1) is 0 Å². The molecule has 53 heavy (non-hydrogen) atoms. The van der Waals surface area contributed by atoms with Crippen molar-refractivity contribution in [1.82, 2.24) is 15.5 Å². The minimum Gasteiger partial charge on any atom is -0.492 e. The molecule has 3 aliphatic rings. The van der Waals surface area contributed by atoms with Crippen molar-refractivity contribution >= 4 is 39.3 Å². The Morgan fingerprint density at radius 3 is 2.49 bits per heavy atom. The molecule has 0 spiro atoms.